The Morgan fingerprint density at radius 3 is 2.24 bits per heavy atom. The number of hydrogen-bond donors (Lipinski definition) is 2. The molecule has 2 aromatic heterocycles. The summed E-state index contributed by atoms with van der Waals surface area (Å²) in [5.41, 5.74) is 1.79. The van der Waals surface area contributed by atoms with Crippen LogP contribution in [0.5, 0.6) is 0 Å². The maximum absolute atomic E-state index is 12.1. The highest BCUT2D eigenvalue weighted by molar-refractivity contribution is 5.94. The van der Waals surface area contributed by atoms with Gasteiger partial charge in [0.25, 0.3) is 11.8 Å². The minimum atomic E-state index is -0.321. The van der Waals surface area contributed by atoms with E-state index in [0.717, 1.165) is 5.69 Å². The van der Waals surface area contributed by atoms with Gasteiger partial charge in [0.15, 0.2) is 0 Å². The predicted octanol–water partition coefficient (Wildman–Crippen LogP) is 1.43. The van der Waals surface area contributed by atoms with Gasteiger partial charge in [0.2, 0.25) is 0 Å². The lowest BCUT2D eigenvalue weighted by molar-refractivity contribution is 0.0925. The molecule has 0 unspecified atom stereocenters. The van der Waals surface area contributed by atoms with Gasteiger partial charge in [-0.25, -0.2) is 4.98 Å². The zero-order chi connectivity index (χ0) is 17.5. The monoisotopic (exact) mass is 335 g/mol. The molecule has 0 fully saturated rings. The van der Waals surface area contributed by atoms with Crippen molar-refractivity contribution < 1.29 is 9.59 Å². The van der Waals surface area contributed by atoms with Gasteiger partial charge in [-0.15, -0.1) is 0 Å². The van der Waals surface area contributed by atoms with Gasteiger partial charge in [0.1, 0.15) is 5.69 Å². The van der Waals surface area contributed by atoms with Crippen LogP contribution < -0.4 is 10.6 Å². The van der Waals surface area contributed by atoms with Crippen LogP contribution in [0.1, 0.15) is 20.8 Å². The van der Waals surface area contributed by atoms with E-state index in [4.69, 9.17) is 0 Å². The van der Waals surface area contributed by atoms with E-state index in [9.17, 15) is 9.59 Å². The van der Waals surface area contributed by atoms with Crippen LogP contribution in [0.15, 0.2) is 67.4 Å². The van der Waals surface area contributed by atoms with Crippen molar-refractivity contribution in [3.8, 4) is 5.69 Å². The van der Waals surface area contributed by atoms with Crippen molar-refractivity contribution in [2.45, 2.75) is 0 Å². The molecule has 2 amide bonds. The molecular weight excluding hydrogens is 318 g/mol. The van der Waals surface area contributed by atoms with E-state index in [1.165, 1.54) is 18.6 Å². The average Bonchev–Trinajstić information content (AvgIpc) is 3.20. The SMILES string of the molecule is O=C(NCCNC(=O)c1cnccn1)c1ccc(-n2cccc2)cc1. The van der Waals surface area contributed by atoms with Crippen LogP contribution in [0.25, 0.3) is 5.69 Å². The van der Waals surface area contributed by atoms with Gasteiger partial charge in [-0.2, -0.15) is 0 Å². The lowest BCUT2D eigenvalue weighted by Crippen LogP contribution is -2.35. The Bertz CT molecular complexity index is 830. The molecule has 2 N–H and O–H groups in total. The zero-order valence-electron chi connectivity index (χ0n) is 13.4. The molecule has 0 atom stereocenters. The molecule has 0 aliphatic heterocycles. The summed E-state index contributed by atoms with van der Waals surface area (Å²) in [6.45, 7) is 0.632. The Balaban J connectivity index is 1.46. The summed E-state index contributed by atoms with van der Waals surface area (Å²) in [6, 6.07) is 11.2. The number of hydrogen-bond acceptors (Lipinski definition) is 4. The molecule has 3 aromatic rings. The topological polar surface area (TPSA) is 88.9 Å². The van der Waals surface area contributed by atoms with Crippen molar-refractivity contribution in [2.24, 2.45) is 0 Å². The van der Waals surface area contributed by atoms with Gasteiger partial charge in [0.05, 0.1) is 6.20 Å². The Morgan fingerprint density at radius 1 is 0.920 bits per heavy atom. The Hall–Kier alpha value is -3.48. The largest absolute Gasteiger partial charge is 0.350 e. The normalized spacial score (nSPS) is 10.2. The molecule has 3 rings (SSSR count). The van der Waals surface area contributed by atoms with Crippen LogP contribution in [0.4, 0.5) is 0 Å². The predicted molar refractivity (Wildman–Crippen MR) is 92.5 cm³/mol. The number of nitrogens with one attached hydrogen (secondary N) is 2. The summed E-state index contributed by atoms with van der Waals surface area (Å²) in [4.78, 5) is 31.6. The third kappa shape index (κ3) is 4.29. The van der Waals surface area contributed by atoms with E-state index in [1.54, 1.807) is 12.1 Å². The molecule has 0 radical (unpaired) electrons. The van der Waals surface area contributed by atoms with E-state index in [0.29, 0.717) is 18.7 Å². The second-order valence-electron chi connectivity index (χ2n) is 5.24. The molecular formula is C18H17N5O2. The van der Waals surface area contributed by atoms with Crippen molar-refractivity contribution in [3.63, 3.8) is 0 Å². The molecule has 1 aromatic carbocycles. The summed E-state index contributed by atoms with van der Waals surface area (Å²) in [6.07, 6.45) is 8.22. The van der Waals surface area contributed by atoms with E-state index in [1.807, 2.05) is 41.2 Å². The second kappa shape index (κ2) is 7.87. The van der Waals surface area contributed by atoms with Crippen molar-refractivity contribution >= 4 is 11.8 Å². The molecule has 0 saturated carbocycles. The number of carbonyl (C=O) groups excluding carboxylic acids is 2. The number of amides is 2. The molecule has 2 heterocycles. The second-order valence-corrected chi connectivity index (χ2v) is 5.24. The lowest BCUT2D eigenvalue weighted by Gasteiger charge is -2.08. The summed E-state index contributed by atoms with van der Waals surface area (Å²) < 4.78 is 1.96. The number of nitrogens with zero attached hydrogens (tertiary/aromatic N) is 3. The van der Waals surface area contributed by atoms with Crippen molar-refractivity contribution in [2.75, 3.05) is 13.1 Å². The lowest BCUT2D eigenvalue weighted by atomic mass is 10.2. The molecule has 25 heavy (non-hydrogen) atoms. The summed E-state index contributed by atoms with van der Waals surface area (Å²) >= 11 is 0. The van der Waals surface area contributed by atoms with Crippen LogP contribution in [-0.4, -0.2) is 39.4 Å². The van der Waals surface area contributed by atoms with Crippen LogP contribution in [0, 0.1) is 0 Å². The Kier molecular flexibility index (Phi) is 5.16. The van der Waals surface area contributed by atoms with Crippen molar-refractivity contribution in [3.05, 3.63) is 78.6 Å². The molecule has 0 aliphatic carbocycles. The van der Waals surface area contributed by atoms with Gasteiger partial charge < -0.3 is 15.2 Å². The first-order valence-corrected chi connectivity index (χ1v) is 7.80. The van der Waals surface area contributed by atoms with Crippen LogP contribution >= 0.6 is 0 Å². The molecule has 0 saturated heterocycles. The molecule has 0 spiro atoms. The molecule has 0 bridgehead atoms. The number of aromatic nitrogens is 3. The summed E-state index contributed by atoms with van der Waals surface area (Å²) in [7, 11) is 0. The van der Waals surface area contributed by atoms with Crippen LogP contribution in [-0.2, 0) is 0 Å². The number of carbonyl (C=O) groups is 2. The van der Waals surface area contributed by atoms with E-state index >= 15 is 0 Å². The van der Waals surface area contributed by atoms with Crippen molar-refractivity contribution in [1.82, 2.24) is 25.2 Å². The molecule has 7 heteroatoms. The van der Waals surface area contributed by atoms with Gasteiger partial charge in [0, 0.05) is 49.1 Å². The third-order valence-corrected chi connectivity index (χ3v) is 3.52. The minimum Gasteiger partial charge on any atom is -0.350 e. The maximum Gasteiger partial charge on any atom is 0.271 e. The fourth-order valence-electron chi connectivity index (χ4n) is 2.25. The fraction of sp³-hybridized carbons (Fsp3) is 0.111. The quantitative estimate of drug-likeness (QED) is 0.667. The zero-order valence-corrected chi connectivity index (χ0v) is 13.4. The van der Waals surface area contributed by atoms with E-state index in [-0.39, 0.29) is 17.5 Å². The standard InChI is InChI=1S/C18H17N5O2/c24-17(14-3-5-15(6-4-14)23-11-1-2-12-23)21-9-10-22-18(25)16-13-19-7-8-20-16/h1-8,11-13H,9-10H2,(H,21,24)(H,22,25). The first kappa shape index (κ1) is 16.4. The van der Waals surface area contributed by atoms with Gasteiger partial charge in [-0.05, 0) is 36.4 Å². The summed E-state index contributed by atoms with van der Waals surface area (Å²) in [5, 5.41) is 5.44. The van der Waals surface area contributed by atoms with Crippen molar-refractivity contribution in [1.29, 1.82) is 0 Å². The average molecular weight is 335 g/mol. The van der Waals surface area contributed by atoms with Crippen LogP contribution in [0.3, 0.4) is 0 Å². The maximum atomic E-state index is 12.1. The van der Waals surface area contributed by atoms with Crippen LogP contribution in [0.2, 0.25) is 0 Å². The summed E-state index contributed by atoms with van der Waals surface area (Å²) in [5.74, 6) is -0.508. The van der Waals surface area contributed by atoms with Gasteiger partial charge >= 0.3 is 0 Å². The first-order valence-electron chi connectivity index (χ1n) is 7.80. The Morgan fingerprint density at radius 2 is 1.60 bits per heavy atom. The molecule has 126 valence electrons. The van der Waals surface area contributed by atoms with E-state index in [2.05, 4.69) is 20.6 Å². The van der Waals surface area contributed by atoms with E-state index < -0.39 is 0 Å². The smallest absolute Gasteiger partial charge is 0.271 e. The van der Waals surface area contributed by atoms with Gasteiger partial charge in [-0.3, -0.25) is 14.6 Å². The molecule has 7 nitrogen and oxygen atoms in total. The highest BCUT2D eigenvalue weighted by Crippen LogP contribution is 2.09. The Labute approximate surface area is 144 Å². The highest BCUT2D eigenvalue weighted by atomic mass is 16.2. The number of benzene rings is 1. The molecule has 0 aliphatic rings. The van der Waals surface area contributed by atoms with Gasteiger partial charge in [-0.1, -0.05) is 0 Å². The highest BCUT2D eigenvalue weighted by Gasteiger charge is 2.07. The minimum absolute atomic E-state index is 0.187. The third-order valence-electron chi connectivity index (χ3n) is 3.52. The fourth-order valence-corrected chi connectivity index (χ4v) is 2.25. The number of rotatable bonds is 6. The first-order chi connectivity index (χ1) is 12.2.